The van der Waals surface area contributed by atoms with Gasteiger partial charge >= 0.3 is 6.18 Å². The Balaban J connectivity index is 1.98. The third kappa shape index (κ3) is 3.86. The summed E-state index contributed by atoms with van der Waals surface area (Å²) in [6.45, 7) is 0. The number of alkyl halides is 3. The average Bonchev–Trinajstić information content (AvgIpc) is 2.88. The van der Waals surface area contributed by atoms with Gasteiger partial charge in [0, 0.05) is 6.07 Å². The highest BCUT2D eigenvalue weighted by molar-refractivity contribution is 8.27. The van der Waals surface area contributed by atoms with Crippen LogP contribution in [0.15, 0.2) is 53.4 Å². The Morgan fingerprint density at radius 2 is 1.85 bits per heavy atom. The van der Waals surface area contributed by atoms with Crippen LogP contribution in [0, 0.1) is 10.1 Å². The van der Waals surface area contributed by atoms with Crippen LogP contribution in [0.5, 0.6) is 0 Å². The van der Waals surface area contributed by atoms with Gasteiger partial charge in [-0.15, -0.1) is 0 Å². The minimum absolute atomic E-state index is 0.0155. The number of thioether (sulfide) groups is 1. The van der Waals surface area contributed by atoms with Gasteiger partial charge in [0.15, 0.2) is 4.32 Å². The third-order valence-electron chi connectivity index (χ3n) is 3.65. The van der Waals surface area contributed by atoms with Crippen molar-refractivity contribution in [3.8, 4) is 0 Å². The first-order valence-corrected chi connectivity index (χ1v) is 8.59. The van der Waals surface area contributed by atoms with Crippen LogP contribution in [0.2, 0.25) is 0 Å². The zero-order chi connectivity index (χ0) is 19.8. The third-order valence-corrected chi connectivity index (χ3v) is 4.95. The van der Waals surface area contributed by atoms with E-state index in [9.17, 15) is 28.1 Å². The number of anilines is 1. The molecule has 1 aliphatic rings. The second kappa shape index (κ2) is 7.12. The molecule has 0 bridgehead atoms. The highest BCUT2D eigenvalue weighted by Crippen LogP contribution is 2.39. The van der Waals surface area contributed by atoms with Crippen molar-refractivity contribution in [1.29, 1.82) is 0 Å². The molecular formula is C17H9F3N2O3S2. The van der Waals surface area contributed by atoms with E-state index in [-0.39, 0.29) is 26.2 Å². The number of nitro benzene ring substituents is 1. The van der Waals surface area contributed by atoms with Crippen LogP contribution < -0.4 is 4.90 Å². The van der Waals surface area contributed by atoms with Gasteiger partial charge in [-0.3, -0.25) is 19.8 Å². The van der Waals surface area contributed by atoms with E-state index in [1.807, 2.05) is 0 Å². The number of hydrogen-bond acceptors (Lipinski definition) is 5. The molecule has 2 aromatic rings. The second-order valence-corrected chi connectivity index (χ2v) is 7.06. The van der Waals surface area contributed by atoms with Crippen molar-refractivity contribution in [2.24, 2.45) is 0 Å². The van der Waals surface area contributed by atoms with Crippen LogP contribution in [-0.2, 0) is 11.0 Å². The summed E-state index contributed by atoms with van der Waals surface area (Å²) in [6, 6.07) is 10.1. The number of thiocarbonyl (C=S) groups is 1. The Hall–Kier alpha value is -2.72. The Bertz CT molecular complexity index is 989. The molecule has 0 aliphatic carbocycles. The van der Waals surface area contributed by atoms with Gasteiger partial charge in [-0.2, -0.15) is 13.2 Å². The molecule has 1 aliphatic heterocycles. The lowest BCUT2D eigenvalue weighted by Gasteiger charge is -2.16. The summed E-state index contributed by atoms with van der Waals surface area (Å²) in [5.41, 5.74) is -0.913. The first-order chi connectivity index (χ1) is 12.7. The molecule has 3 rings (SSSR count). The number of rotatable bonds is 3. The summed E-state index contributed by atoms with van der Waals surface area (Å²) in [4.78, 5) is 24.2. The van der Waals surface area contributed by atoms with E-state index in [0.29, 0.717) is 0 Å². The van der Waals surface area contributed by atoms with E-state index >= 15 is 0 Å². The Labute approximate surface area is 160 Å². The van der Waals surface area contributed by atoms with Gasteiger partial charge in [-0.05, 0) is 30.3 Å². The number of carbonyl (C=O) groups excluding carboxylic acids is 1. The average molecular weight is 410 g/mol. The number of halogens is 3. The van der Waals surface area contributed by atoms with Crippen LogP contribution in [0.3, 0.4) is 0 Å². The maximum absolute atomic E-state index is 12.9. The van der Waals surface area contributed by atoms with Gasteiger partial charge in [0.25, 0.3) is 11.6 Å². The lowest BCUT2D eigenvalue weighted by molar-refractivity contribution is -0.385. The molecule has 5 nitrogen and oxygen atoms in total. The predicted molar refractivity (Wildman–Crippen MR) is 100 cm³/mol. The Morgan fingerprint density at radius 1 is 1.15 bits per heavy atom. The molecule has 0 radical (unpaired) electrons. The molecule has 1 heterocycles. The monoisotopic (exact) mass is 410 g/mol. The SMILES string of the molecule is O=C1C(=Cc2ccccc2[N+](=O)[O-])SC(=S)N1c1cccc(C(F)(F)F)c1. The molecule has 0 aromatic heterocycles. The first-order valence-electron chi connectivity index (χ1n) is 7.37. The zero-order valence-corrected chi connectivity index (χ0v) is 14.9. The molecule has 0 saturated carbocycles. The van der Waals surface area contributed by atoms with Gasteiger partial charge in [-0.1, -0.05) is 42.2 Å². The molecule has 0 atom stereocenters. The van der Waals surface area contributed by atoms with Crippen LogP contribution >= 0.6 is 24.0 Å². The van der Waals surface area contributed by atoms with Crippen LogP contribution in [0.4, 0.5) is 24.5 Å². The molecule has 138 valence electrons. The van der Waals surface area contributed by atoms with E-state index in [4.69, 9.17) is 12.2 Å². The van der Waals surface area contributed by atoms with E-state index in [1.165, 1.54) is 36.4 Å². The number of nitrogens with zero attached hydrogens (tertiary/aromatic N) is 2. The van der Waals surface area contributed by atoms with E-state index in [2.05, 4.69) is 0 Å². The quantitative estimate of drug-likeness (QED) is 0.308. The van der Waals surface area contributed by atoms with E-state index in [1.54, 1.807) is 6.07 Å². The fourth-order valence-electron chi connectivity index (χ4n) is 2.43. The molecule has 0 spiro atoms. The predicted octanol–water partition coefficient (Wildman–Crippen LogP) is 5.02. The van der Waals surface area contributed by atoms with Crippen molar-refractivity contribution in [2.45, 2.75) is 6.18 Å². The van der Waals surface area contributed by atoms with Crippen LogP contribution in [-0.4, -0.2) is 15.2 Å². The zero-order valence-electron chi connectivity index (χ0n) is 13.3. The van der Waals surface area contributed by atoms with Crippen molar-refractivity contribution in [3.05, 3.63) is 74.7 Å². The molecule has 0 unspecified atom stereocenters. The highest BCUT2D eigenvalue weighted by atomic mass is 32.2. The number of carbonyl (C=O) groups is 1. The molecule has 27 heavy (non-hydrogen) atoms. The van der Waals surface area contributed by atoms with Crippen molar-refractivity contribution in [3.63, 3.8) is 0 Å². The molecule has 1 saturated heterocycles. The maximum Gasteiger partial charge on any atom is 0.416 e. The largest absolute Gasteiger partial charge is 0.416 e. The number of hydrogen-bond donors (Lipinski definition) is 0. The summed E-state index contributed by atoms with van der Waals surface area (Å²) in [5, 5.41) is 11.1. The lowest BCUT2D eigenvalue weighted by atomic mass is 10.1. The molecule has 0 N–H and O–H groups in total. The maximum atomic E-state index is 12.9. The minimum atomic E-state index is -4.56. The molecule has 1 amide bonds. The lowest BCUT2D eigenvalue weighted by Crippen LogP contribution is -2.27. The van der Waals surface area contributed by atoms with Crippen molar-refractivity contribution in [2.75, 3.05) is 4.90 Å². The first kappa shape index (κ1) is 19.1. The number of nitro groups is 1. The summed E-state index contributed by atoms with van der Waals surface area (Å²) in [7, 11) is 0. The van der Waals surface area contributed by atoms with Gasteiger partial charge in [-0.25, -0.2) is 0 Å². The normalized spacial score (nSPS) is 16.3. The number of amides is 1. The summed E-state index contributed by atoms with van der Waals surface area (Å²) < 4.78 is 38.8. The van der Waals surface area contributed by atoms with Crippen molar-refractivity contribution in [1.82, 2.24) is 0 Å². The Kier molecular flexibility index (Phi) is 5.03. The minimum Gasteiger partial charge on any atom is -0.268 e. The molecule has 1 fully saturated rings. The second-order valence-electron chi connectivity index (χ2n) is 5.38. The smallest absolute Gasteiger partial charge is 0.268 e. The molecule has 10 heteroatoms. The fourth-order valence-corrected chi connectivity index (χ4v) is 3.72. The van der Waals surface area contributed by atoms with Gasteiger partial charge in [0.1, 0.15) is 0 Å². The number of benzene rings is 2. The number of para-hydroxylation sites is 1. The van der Waals surface area contributed by atoms with E-state index in [0.717, 1.165) is 28.8 Å². The summed E-state index contributed by atoms with van der Waals surface area (Å²) in [6.07, 6.45) is -3.25. The van der Waals surface area contributed by atoms with Crippen LogP contribution in [0.25, 0.3) is 6.08 Å². The highest BCUT2D eigenvalue weighted by Gasteiger charge is 2.36. The summed E-state index contributed by atoms with van der Waals surface area (Å²) in [5.74, 6) is -0.637. The molecular weight excluding hydrogens is 401 g/mol. The van der Waals surface area contributed by atoms with Crippen molar-refractivity contribution < 1.29 is 22.9 Å². The van der Waals surface area contributed by atoms with Crippen LogP contribution in [0.1, 0.15) is 11.1 Å². The van der Waals surface area contributed by atoms with Crippen molar-refractivity contribution >= 4 is 51.7 Å². The molecule has 2 aromatic carbocycles. The van der Waals surface area contributed by atoms with Gasteiger partial charge in [0.05, 0.1) is 26.6 Å². The van der Waals surface area contributed by atoms with Gasteiger partial charge < -0.3 is 0 Å². The Morgan fingerprint density at radius 3 is 2.52 bits per heavy atom. The summed E-state index contributed by atoms with van der Waals surface area (Å²) >= 11 is 6.00. The van der Waals surface area contributed by atoms with E-state index < -0.39 is 22.6 Å². The topological polar surface area (TPSA) is 63.4 Å². The standard InChI is InChI=1S/C17H9F3N2O3S2/c18-17(19,20)11-5-3-6-12(9-11)21-15(23)14(27-16(21)26)8-10-4-1-2-7-13(10)22(24)25/h1-9H. The fraction of sp³-hybridized carbons (Fsp3) is 0.0588. The van der Waals surface area contributed by atoms with Gasteiger partial charge in [0.2, 0.25) is 0 Å².